The van der Waals surface area contributed by atoms with Crippen LogP contribution in [0.4, 0.5) is 0 Å². The van der Waals surface area contributed by atoms with Crippen molar-refractivity contribution in [3.05, 3.63) is 28.2 Å². The summed E-state index contributed by atoms with van der Waals surface area (Å²) in [4.78, 5) is 11.3. The molecule has 5 heteroatoms. The molecule has 98 valence electrons. The molecule has 1 fully saturated rings. The lowest BCUT2D eigenvalue weighted by Gasteiger charge is -2.15. The van der Waals surface area contributed by atoms with Crippen LogP contribution in [-0.4, -0.2) is 24.7 Å². The maximum Gasteiger partial charge on any atom is 0.325 e. The summed E-state index contributed by atoms with van der Waals surface area (Å²) in [6.07, 6.45) is 2.40. The fraction of sp³-hybridized carbons (Fsp3) is 0.462. The fourth-order valence-electron chi connectivity index (χ4n) is 1.82. The van der Waals surface area contributed by atoms with E-state index in [1.54, 1.807) is 25.3 Å². The van der Waals surface area contributed by atoms with Crippen LogP contribution in [-0.2, 0) is 4.79 Å². The normalized spacial score (nSPS) is 16.3. The molecule has 4 nitrogen and oxygen atoms in total. The zero-order valence-electron chi connectivity index (χ0n) is 10.1. The van der Waals surface area contributed by atoms with Crippen molar-refractivity contribution in [2.24, 2.45) is 5.92 Å². The number of benzene rings is 1. The van der Waals surface area contributed by atoms with E-state index < -0.39 is 12.0 Å². The first-order valence-electron chi connectivity index (χ1n) is 5.91. The number of methoxy groups -OCH3 is 1. The highest BCUT2D eigenvalue weighted by Gasteiger charge is 2.26. The van der Waals surface area contributed by atoms with Gasteiger partial charge in [-0.15, -0.1) is 0 Å². The van der Waals surface area contributed by atoms with Gasteiger partial charge in [0.1, 0.15) is 11.8 Å². The Morgan fingerprint density at radius 3 is 2.83 bits per heavy atom. The molecule has 0 amide bonds. The molecule has 0 bridgehead atoms. The molecule has 1 aliphatic carbocycles. The Bertz CT molecular complexity index is 446. The van der Waals surface area contributed by atoms with E-state index in [1.807, 2.05) is 0 Å². The van der Waals surface area contributed by atoms with Gasteiger partial charge in [-0.25, -0.2) is 0 Å². The summed E-state index contributed by atoms with van der Waals surface area (Å²) >= 11 is 3.37. The standard InChI is InChI=1S/C13H16BrNO3/c1-18-11-5-4-9(6-10(11)14)12(13(16)17)15-7-8-2-3-8/h4-6,8,12,15H,2-3,7H2,1H3,(H,16,17). The van der Waals surface area contributed by atoms with Gasteiger partial charge in [-0.05, 0) is 58.9 Å². The lowest BCUT2D eigenvalue weighted by molar-refractivity contribution is -0.139. The minimum absolute atomic E-state index is 0.647. The molecule has 0 saturated heterocycles. The van der Waals surface area contributed by atoms with Crippen molar-refractivity contribution in [3.8, 4) is 5.75 Å². The molecular formula is C13H16BrNO3. The van der Waals surface area contributed by atoms with Crippen LogP contribution in [0.15, 0.2) is 22.7 Å². The van der Waals surface area contributed by atoms with Crippen LogP contribution in [0.3, 0.4) is 0 Å². The summed E-state index contributed by atoms with van der Waals surface area (Å²) < 4.78 is 5.90. The Hall–Kier alpha value is -1.07. The molecule has 1 atom stereocenters. The first-order valence-corrected chi connectivity index (χ1v) is 6.70. The number of ether oxygens (including phenoxy) is 1. The summed E-state index contributed by atoms with van der Waals surface area (Å²) in [5.41, 5.74) is 0.732. The minimum Gasteiger partial charge on any atom is -0.496 e. The minimum atomic E-state index is -0.854. The number of rotatable bonds is 6. The van der Waals surface area contributed by atoms with Gasteiger partial charge in [0, 0.05) is 0 Å². The van der Waals surface area contributed by atoms with E-state index in [1.165, 1.54) is 12.8 Å². The van der Waals surface area contributed by atoms with Gasteiger partial charge in [0.05, 0.1) is 11.6 Å². The Morgan fingerprint density at radius 2 is 2.33 bits per heavy atom. The monoisotopic (exact) mass is 313 g/mol. The van der Waals surface area contributed by atoms with Gasteiger partial charge < -0.3 is 15.2 Å². The second kappa shape index (κ2) is 5.71. The van der Waals surface area contributed by atoms with Crippen LogP contribution in [0, 0.1) is 5.92 Å². The van der Waals surface area contributed by atoms with Crippen LogP contribution in [0.5, 0.6) is 5.75 Å². The molecule has 2 rings (SSSR count). The summed E-state index contributed by atoms with van der Waals surface area (Å²) in [5.74, 6) is 0.492. The smallest absolute Gasteiger partial charge is 0.325 e. The molecule has 0 aromatic heterocycles. The van der Waals surface area contributed by atoms with Crippen molar-refractivity contribution >= 4 is 21.9 Å². The van der Waals surface area contributed by atoms with Crippen LogP contribution in [0.25, 0.3) is 0 Å². The molecular weight excluding hydrogens is 298 g/mol. The van der Waals surface area contributed by atoms with Crippen molar-refractivity contribution in [3.63, 3.8) is 0 Å². The summed E-state index contributed by atoms with van der Waals surface area (Å²) in [6, 6.07) is 4.68. The number of carbonyl (C=O) groups is 1. The molecule has 1 aromatic carbocycles. The van der Waals surface area contributed by atoms with Crippen molar-refractivity contribution in [1.29, 1.82) is 0 Å². The highest BCUT2D eigenvalue weighted by Crippen LogP contribution is 2.30. The van der Waals surface area contributed by atoms with Gasteiger partial charge >= 0.3 is 5.97 Å². The predicted octanol–water partition coefficient (Wildman–Crippen LogP) is 2.58. The highest BCUT2D eigenvalue weighted by atomic mass is 79.9. The Kier molecular flexibility index (Phi) is 4.24. The zero-order valence-corrected chi connectivity index (χ0v) is 11.7. The predicted molar refractivity (Wildman–Crippen MR) is 71.8 cm³/mol. The zero-order chi connectivity index (χ0) is 13.1. The van der Waals surface area contributed by atoms with E-state index in [2.05, 4.69) is 21.2 Å². The number of hydrogen-bond donors (Lipinski definition) is 2. The van der Waals surface area contributed by atoms with Crippen LogP contribution >= 0.6 is 15.9 Å². The van der Waals surface area contributed by atoms with Crippen molar-refractivity contribution < 1.29 is 14.6 Å². The molecule has 1 aromatic rings. The number of aliphatic carboxylic acids is 1. The second-order valence-electron chi connectivity index (χ2n) is 4.52. The van der Waals surface area contributed by atoms with Gasteiger partial charge in [0.25, 0.3) is 0 Å². The molecule has 0 spiro atoms. The van der Waals surface area contributed by atoms with E-state index in [9.17, 15) is 9.90 Å². The number of carboxylic acid groups (broad SMARTS) is 1. The van der Waals surface area contributed by atoms with Crippen LogP contribution < -0.4 is 10.1 Å². The van der Waals surface area contributed by atoms with E-state index in [-0.39, 0.29) is 0 Å². The van der Waals surface area contributed by atoms with E-state index in [4.69, 9.17) is 4.74 Å². The molecule has 1 aliphatic rings. The third-order valence-electron chi connectivity index (χ3n) is 3.06. The van der Waals surface area contributed by atoms with Gasteiger partial charge in [0.2, 0.25) is 0 Å². The topological polar surface area (TPSA) is 58.6 Å². The molecule has 0 heterocycles. The number of hydrogen-bond acceptors (Lipinski definition) is 3. The van der Waals surface area contributed by atoms with Crippen LogP contribution in [0.2, 0.25) is 0 Å². The summed E-state index contributed by atoms with van der Waals surface area (Å²) in [7, 11) is 1.58. The van der Waals surface area contributed by atoms with Gasteiger partial charge in [-0.3, -0.25) is 4.79 Å². The Morgan fingerprint density at radius 1 is 1.61 bits per heavy atom. The quantitative estimate of drug-likeness (QED) is 0.847. The number of nitrogens with one attached hydrogen (secondary N) is 1. The lowest BCUT2D eigenvalue weighted by Crippen LogP contribution is -2.30. The van der Waals surface area contributed by atoms with Crippen LogP contribution in [0.1, 0.15) is 24.4 Å². The summed E-state index contributed by atoms with van der Waals surface area (Å²) in [5, 5.41) is 12.4. The van der Waals surface area contributed by atoms with Crippen molar-refractivity contribution in [1.82, 2.24) is 5.32 Å². The van der Waals surface area contributed by atoms with Crippen molar-refractivity contribution in [2.75, 3.05) is 13.7 Å². The summed E-state index contributed by atoms with van der Waals surface area (Å²) in [6.45, 7) is 0.764. The van der Waals surface area contributed by atoms with E-state index >= 15 is 0 Å². The third kappa shape index (κ3) is 3.23. The maximum atomic E-state index is 11.3. The van der Waals surface area contributed by atoms with E-state index in [0.29, 0.717) is 11.7 Å². The maximum absolute atomic E-state index is 11.3. The third-order valence-corrected chi connectivity index (χ3v) is 3.68. The first kappa shape index (κ1) is 13.4. The van der Waals surface area contributed by atoms with Crippen molar-refractivity contribution in [2.45, 2.75) is 18.9 Å². The molecule has 18 heavy (non-hydrogen) atoms. The first-order chi connectivity index (χ1) is 8.61. The SMILES string of the molecule is COc1ccc(C(NCC2CC2)C(=O)O)cc1Br. The molecule has 1 saturated carbocycles. The fourth-order valence-corrected chi connectivity index (χ4v) is 2.37. The number of halogens is 1. The number of carboxylic acids is 1. The Balaban J connectivity index is 2.13. The highest BCUT2D eigenvalue weighted by molar-refractivity contribution is 9.10. The molecule has 0 radical (unpaired) electrons. The van der Waals surface area contributed by atoms with E-state index in [0.717, 1.165) is 16.6 Å². The molecule has 2 N–H and O–H groups in total. The second-order valence-corrected chi connectivity index (χ2v) is 5.37. The van der Waals surface area contributed by atoms with Gasteiger partial charge in [-0.1, -0.05) is 6.07 Å². The van der Waals surface area contributed by atoms with Gasteiger partial charge in [0.15, 0.2) is 0 Å². The van der Waals surface area contributed by atoms with Gasteiger partial charge in [-0.2, -0.15) is 0 Å². The largest absolute Gasteiger partial charge is 0.496 e. The average molecular weight is 314 g/mol. The lowest BCUT2D eigenvalue weighted by atomic mass is 10.1. The molecule has 0 aliphatic heterocycles. The molecule has 1 unspecified atom stereocenters. The Labute approximate surface area is 114 Å². The average Bonchev–Trinajstić information content (AvgIpc) is 3.13.